The van der Waals surface area contributed by atoms with Gasteiger partial charge in [0, 0.05) is 26.0 Å². The lowest BCUT2D eigenvalue weighted by molar-refractivity contribution is 0.601. The molecule has 0 aromatic carbocycles. The molecule has 114 valence electrons. The minimum atomic E-state index is -3.71. The first kappa shape index (κ1) is 15.3. The van der Waals surface area contributed by atoms with E-state index >= 15 is 0 Å². The largest absolute Gasteiger partial charge is 0.369 e. The lowest BCUT2D eigenvalue weighted by Crippen LogP contribution is -2.16. The third kappa shape index (κ3) is 3.33. The van der Waals surface area contributed by atoms with Crippen molar-refractivity contribution in [3.05, 3.63) is 30.2 Å². The van der Waals surface area contributed by atoms with Gasteiger partial charge < -0.3 is 5.32 Å². The smallest absolute Gasteiger partial charge is 0.265 e. The standard InChI is InChI=1S/C13H19N5O2S/c1-4-10-11(9-18(3)16-10)17-21(19,20)12-7-6-8-15-13(12)14-5-2/h6-9,17H,4-5H2,1-3H3,(H,14,15). The van der Waals surface area contributed by atoms with Gasteiger partial charge in [0.05, 0.1) is 11.4 Å². The summed E-state index contributed by atoms with van der Waals surface area (Å²) in [4.78, 5) is 4.20. The number of hydrogen-bond acceptors (Lipinski definition) is 5. The molecule has 0 fully saturated rings. The molecule has 2 aromatic rings. The van der Waals surface area contributed by atoms with Gasteiger partial charge in [0.2, 0.25) is 0 Å². The van der Waals surface area contributed by atoms with Crippen molar-refractivity contribution in [1.82, 2.24) is 14.8 Å². The summed E-state index contributed by atoms with van der Waals surface area (Å²) in [7, 11) is -1.96. The van der Waals surface area contributed by atoms with Crippen LogP contribution in [0, 0.1) is 0 Å². The molecule has 0 aliphatic rings. The van der Waals surface area contributed by atoms with Crippen molar-refractivity contribution in [3.8, 4) is 0 Å². The molecule has 0 radical (unpaired) electrons. The maximum atomic E-state index is 12.5. The molecular weight excluding hydrogens is 290 g/mol. The average Bonchev–Trinajstić information content (AvgIpc) is 2.79. The Balaban J connectivity index is 2.38. The number of anilines is 2. The van der Waals surface area contributed by atoms with E-state index in [1.54, 1.807) is 30.2 Å². The summed E-state index contributed by atoms with van der Waals surface area (Å²) in [6.07, 6.45) is 3.85. The maximum absolute atomic E-state index is 12.5. The van der Waals surface area contributed by atoms with Gasteiger partial charge in [0.1, 0.15) is 10.7 Å². The molecule has 0 saturated carbocycles. The molecule has 21 heavy (non-hydrogen) atoms. The summed E-state index contributed by atoms with van der Waals surface area (Å²) in [5.74, 6) is 0.342. The number of aryl methyl sites for hydroxylation is 2. The number of nitrogens with zero attached hydrogens (tertiary/aromatic N) is 3. The van der Waals surface area contributed by atoms with Gasteiger partial charge in [0.25, 0.3) is 10.0 Å². The SMILES string of the molecule is CCNc1ncccc1S(=O)(=O)Nc1cn(C)nc1CC. The van der Waals surface area contributed by atoms with Crippen molar-refractivity contribution in [3.63, 3.8) is 0 Å². The van der Waals surface area contributed by atoms with Crippen LogP contribution in [0.2, 0.25) is 0 Å². The van der Waals surface area contributed by atoms with E-state index in [9.17, 15) is 8.42 Å². The Morgan fingerprint density at radius 1 is 1.33 bits per heavy atom. The zero-order valence-electron chi connectivity index (χ0n) is 12.3. The van der Waals surface area contributed by atoms with Gasteiger partial charge in [-0.15, -0.1) is 0 Å². The zero-order valence-corrected chi connectivity index (χ0v) is 13.1. The summed E-state index contributed by atoms with van der Waals surface area (Å²) in [6.45, 7) is 4.40. The average molecular weight is 309 g/mol. The van der Waals surface area contributed by atoms with Crippen LogP contribution in [0.3, 0.4) is 0 Å². The molecule has 0 aliphatic carbocycles. The number of aromatic nitrogens is 3. The molecule has 7 nitrogen and oxygen atoms in total. The van der Waals surface area contributed by atoms with E-state index in [1.807, 2.05) is 13.8 Å². The third-order valence-electron chi connectivity index (χ3n) is 2.89. The van der Waals surface area contributed by atoms with Crippen LogP contribution in [0.4, 0.5) is 11.5 Å². The van der Waals surface area contributed by atoms with E-state index in [0.717, 1.165) is 0 Å². The monoisotopic (exact) mass is 309 g/mol. The fourth-order valence-electron chi connectivity index (χ4n) is 1.99. The lowest BCUT2D eigenvalue weighted by atomic mass is 10.3. The van der Waals surface area contributed by atoms with Crippen molar-refractivity contribution in [2.45, 2.75) is 25.2 Å². The second-order valence-corrected chi connectivity index (χ2v) is 6.15. The number of rotatable bonds is 6. The highest BCUT2D eigenvalue weighted by atomic mass is 32.2. The molecule has 0 bridgehead atoms. The lowest BCUT2D eigenvalue weighted by Gasteiger charge is -2.11. The van der Waals surface area contributed by atoms with Crippen LogP contribution < -0.4 is 10.0 Å². The topological polar surface area (TPSA) is 88.9 Å². The predicted octanol–water partition coefficient (Wildman–Crippen LogP) is 1.61. The van der Waals surface area contributed by atoms with E-state index in [-0.39, 0.29) is 4.90 Å². The summed E-state index contributed by atoms with van der Waals surface area (Å²) < 4.78 is 29.3. The zero-order chi connectivity index (χ0) is 15.5. The van der Waals surface area contributed by atoms with Gasteiger partial charge in [-0.05, 0) is 25.5 Å². The molecule has 0 atom stereocenters. The van der Waals surface area contributed by atoms with Crippen molar-refractivity contribution in [2.24, 2.45) is 7.05 Å². The predicted molar refractivity (Wildman–Crippen MR) is 81.8 cm³/mol. The van der Waals surface area contributed by atoms with Gasteiger partial charge in [-0.2, -0.15) is 5.10 Å². The molecule has 0 spiro atoms. The summed E-state index contributed by atoms with van der Waals surface area (Å²) in [5, 5.41) is 7.17. The van der Waals surface area contributed by atoms with E-state index in [0.29, 0.717) is 30.2 Å². The van der Waals surface area contributed by atoms with Gasteiger partial charge in [0.15, 0.2) is 0 Å². The molecule has 2 heterocycles. The van der Waals surface area contributed by atoms with Crippen LogP contribution in [0.25, 0.3) is 0 Å². The number of hydrogen-bond donors (Lipinski definition) is 2. The fraction of sp³-hybridized carbons (Fsp3) is 0.385. The Morgan fingerprint density at radius 3 is 2.76 bits per heavy atom. The highest BCUT2D eigenvalue weighted by Crippen LogP contribution is 2.23. The second-order valence-electron chi connectivity index (χ2n) is 4.50. The first-order valence-electron chi connectivity index (χ1n) is 6.72. The first-order chi connectivity index (χ1) is 9.97. The van der Waals surface area contributed by atoms with Crippen molar-refractivity contribution >= 4 is 21.5 Å². The minimum absolute atomic E-state index is 0.123. The Kier molecular flexibility index (Phi) is 4.46. The number of pyridine rings is 1. The normalized spacial score (nSPS) is 11.4. The van der Waals surface area contributed by atoms with Crippen LogP contribution in [-0.2, 0) is 23.5 Å². The molecule has 0 saturated heterocycles. The van der Waals surface area contributed by atoms with Crippen LogP contribution in [-0.4, -0.2) is 29.7 Å². The van der Waals surface area contributed by atoms with Gasteiger partial charge in [-0.3, -0.25) is 9.40 Å². The van der Waals surface area contributed by atoms with E-state index in [2.05, 4.69) is 20.1 Å². The summed E-state index contributed by atoms with van der Waals surface area (Å²) >= 11 is 0. The van der Waals surface area contributed by atoms with Crippen LogP contribution in [0.5, 0.6) is 0 Å². The Labute approximate surface area is 124 Å². The molecule has 0 amide bonds. The quantitative estimate of drug-likeness (QED) is 0.846. The van der Waals surface area contributed by atoms with E-state index in [1.165, 1.54) is 6.07 Å². The van der Waals surface area contributed by atoms with Gasteiger partial charge >= 0.3 is 0 Å². The summed E-state index contributed by atoms with van der Waals surface area (Å²) in [6, 6.07) is 3.12. The highest BCUT2D eigenvalue weighted by molar-refractivity contribution is 7.92. The van der Waals surface area contributed by atoms with E-state index < -0.39 is 10.0 Å². The first-order valence-corrected chi connectivity index (χ1v) is 8.20. The van der Waals surface area contributed by atoms with Gasteiger partial charge in [-0.25, -0.2) is 13.4 Å². The van der Waals surface area contributed by atoms with Crippen molar-refractivity contribution in [2.75, 3.05) is 16.6 Å². The van der Waals surface area contributed by atoms with Crippen LogP contribution in [0.15, 0.2) is 29.4 Å². The second kappa shape index (κ2) is 6.13. The van der Waals surface area contributed by atoms with Crippen molar-refractivity contribution in [1.29, 1.82) is 0 Å². The molecule has 0 unspecified atom stereocenters. The Bertz CT molecular complexity index is 724. The molecule has 2 rings (SSSR count). The van der Waals surface area contributed by atoms with Gasteiger partial charge in [-0.1, -0.05) is 6.92 Å². The number of nitrogens with one attached hydrogen (secondary N) is 2. The third-order valence-corrected chi connectivity index (χ3v) is 4.29. The molecule has 2 aromatic heterocycles. The maximum Gasteiger partial charge on any atom is 0.265 e. The van der Waals surface area contributed by atoms with E-state index in [4.69, 9.17) is 0 Å². The fourth-order valence-corrected chi connectivity index (χ4v) is 3.20. The highest BCUT2D eigenvalue weighted by Gasteiger charge is 2.21. The molecule has 0 aliphatic heterocycles. The summed E-state index contributed by atoms with van der Waals surface area (Å²) in [5.41, 5.74) is 1.20. The van der Waals surface area contributed by atoms with Crippen LogP contribution >= 0.6 is 0 Å². The number of sulfonamides is 1. The van der Waals surface area contributed by atoms with Crippen molar-refractivity contribution < 1.29 is 8.42 Å². The minimum Gasteiger partial charge on any atom is -0.369 e. The molecule has 8 heteroatoms. The van der Waals surface area contributed by atoms with Crippen LogP contribution in [0.1, 0.15) is 19.5 Å². The Morgan fingerprint density at radius 2 is 2.10 bits per heavy atom. The molecule has 2 N–H and O–H groups in total. The molecular formula is C13H19N5O2S. The Hall–Kier alpha value is -2.09.